The summed E-state index contributed by atoms with van der Waals surface area (Å²) < 4.78 is 4.94. The van der Waals surface area contributed by atoms with E-state index in [0.29, 0.717) is 43.1 Å². The minimum atomic E-state index is -0.719. The van der Waals surface area contributed by atoms with Crippen LogP contribution in [0.4, 0.5) is 5.69 Å². The molecule has 1 aromatic rings. The molecule has 7 nitrogen and oxygen atoms in total. The van der Waals surface area contributed by atoms with Crippen molar-refractivity contribution >= 4 is 46.8 Å². The molecule has 9 heteroatoms. The summed E-state index contributed by atoms with van der Waals surface area (Å²) in [4.78, 5) is 45.5. The summed E-state index contributed by atoms with van der Waals surface area (Å²) in [7, 11) is 0. The van der Waals surface area contributed by atoms with E-state index in [0.717, 1.165) is 19.3 Å². The molecule has 3 aliphatic heterocycles. The number of aliphatic hydroxyl groups excluding tert-OH is 1. The highest BCUT2D eigenvalue weighted by Gasteiger charge is 2.76. The number of aliphatic hydroxyl groups is 1. The number of fused-ring (bicyclic) bond motifs is 1. The fourth-order valence-electron chi connectivity index (χ4n) is 6.60. The number of hydrogen-bond acceptors (Lipinski definition) is 6. The molecule has 0 aromatic heterocycles. The van der Waals surface area contributed by atoms with Crippen LogP contribution < -0.4 is 4.90 Å². The lowest BCUT2D eigenvalue weighted by Gasteiger charge is -2.40. The van der Waals surface area contributed by atoms with Crippen LogP contribution >= 0.6 is 23.4 Å². The Hall–Kier alpha value is -2.29. The predicted molar refractivity (Wildman–Crippen MR) is 156 cm³/mol. The van der Waals surface area contributed by atoms with Gasteiger partial charge in [-0.05, 0) is 68.7 Å². The number of nitrogens with zero attached hydrogens (tertiary/aromatic N) is 2. The summed E-state index contributed by atoms with van der Waals surface area (Å²) in [6, 6.07) is 6.36. The van der Waals surface area contributed by atoms with Gasteiger partial charge in [-0.2, -0.15) is 0 Å². The van der Waals surface area contributed by atoms with Gasteiger partial charge in [0.15, 0.2) is 0 Å². The molecule has 2 amide bonds. The molecule has 39 heavy (non-hydrogen) atoms. The molecule has 2 bridgehead atoms. The largest absolute Gasteiger partial charge is 0.465 e. The summed E-state index contributed by atoms with van der Waals surface area (Å²) in [5.74, 6) is -1.75. The van der Waals surface area contributed by atoms with Gasteiger partial charge in [-0.1, -0.05) is 30.7 Å². The van der Waals surface area contributed by atoms with E-state index in [1.54, 1.807) is 58.0 Å². The summed E-state index contributed by atoms with van der Waals surface area (Å²) in [5.41, 5.74) is 0.681. The number of allylic oxidation sites excluding steroid dienone is 1. The molecule has 0 radical (unpaired) electrons. The Morgan fingerprint density at radius 2 is 1.95 bits per heavy atom. The molecule has 1 aromatic carbocycles. The Bertz CT molecular complexity index is 1080. The normalized spacial score (nSPS) is 28.8. The van der Waals surface area contributed by atoms with E-state index >= 15 is 0 Å². The van der Waals surface area contributed by atoms with Gasteiger partial charge in [-0.25, -0.2) is 0 Å². The third-order valence-corrected chi connectivity index (χ3v) is 10.6. The highest BCUT2D eigenvalue weighted by Crippen LogP contribution is 2.68. The molecule has 3 saturated heterocycles. The number of thioether (sulfide) groups is 1. The molecule has 3 fully saturated rings. The first kappa shape index (κ1) is 29.7. The van der Waals surface area contributed by atoms with E-state index in [9.17, 15) is 19.5 Å². The van der Waals surface area contributed by atoms with E-state index < -0.39 is 22.6 Å². The lowest BCUT2D eigenvalue weighted by Crippen LogP contribution is -2.57. The van der Waals surface area contributed by atoms with Gasteiger partial charge in [-0.15, -0.1) is 24.9 Å². The molecule has 1 N–H and O–H groups in total. The van der Waals surface area contributed by atoms with Gasteiger partial charge in [0, 0.05) is 35.7 Å². The first-order chi connectivity index (χ1) is 18.8. The second kappa shape index (κ2) is 12.9. The van der Waals surface area contributed by atoms with Crippen molar-refractivity contribution in [3.63, 3.8) is 0 Å². The van der Waals surface area contributed by atoms with Crippen LogP contribution in [0.15, 0.2) is 49.6 Å². The van der Waals surface area contributed by atoms with Crippen LogP contribution in [0.3, 0.4) is 0 Å². The Labute approximate surface area is 240 Å². The van der Waals surface area contributed by atoms with Gasteiger partial charge in [-0.3, -0.25) is 14.4 Å². The Morgan fingerprint density at radius 3 is 2.62 bits per heavy atom. The average Bonchev–Trinajstić information content (AvgIpc) is 3.51. The molecule has 1 spiro atoms. The predicted octanol–water partition coefficient (Wildman–Crippen LogP) is 4.87. The lowest BCUT2D eigenvalue weighted by molar-refractivity contribution is -0.154. The van der Waals surface area contributed by atoms with Crippen LogP contribution in [0.2, 0.25) is 5.02 Å². The maximum absolute atomic E-state index is 14.5. The number of carbonyl (C=O) groups is 3. The second-order valence-electron chi connectivity index (χ2n) is 10.7. The molecule has 6 atom stereocenters. The fourth-order valence-corrected chi connectivity index (χ4v) is 9.13. The van der Waals surface area contributed by atoms with Crippen molar-refractivity contribution in [3.05, 3.63) is 54.6 Å². The number of amides is 2. The van der Waals surface area contributed by atoms with Crippen molar-refractivity contribution < 1.29 is 24.2 Å². The third-order valence-electron chi connectivity index (χ3n) is 8.32. The Morgan fingerprint density at radius 1 is 1.21 bits per heavy atom. The van der Waals surface area contributed by atoms with Crippen LogP contribution in [0.1, 0.15) is 45.4 Å². The zero-order chi connectivity index (χ0) is 28.2. The minimum absolute atomic E-state index is 0.0592. The van der Waals surface area contributed by atoms with Crippen molar-refractivity contribution in [1.82, 2.24) is 4.90 Å². The van der Waals surface area contributed by atoms with Gasteiger partial charge in [0.2, 0.25) is 5.91 Å². The van der Waals surface area contributed by atoms with Gasteiger partial charge >= 0.3 is 5.97 Å². The lowest BCUT2D eigenvalue weighted by atomic mass is 9.66. The topological polar surface area (TPSA) is 87.2 Å². The average molecular weight is 575 g/mol. The van der Waals surface area contributed by atoms with Crippen molar-refractivity contribution in [2.75, 3.05) is 31.2 Å². The van der Waals surface area contributed by atoms with Crippen molar-refractivity contribution in [3.8, 4) is 0 Å². The molecule has 3 aliphatic rings. The van der Waals surface area contributed by atoms with E-state index in [1.807, 2.05) is 0 Å². The number of esters is 1. The quantitative estimate of drug-likeness (QED) is 0.194. The number of likely N-dealkylation sites (tertiary alicyclic amines) is 1. The molecule has 0 saturated carbocycles. The SMILES string of the molecule is C=CCCCOC(=O)[C@@H]1[C@@H]2CC(C)C3(S2)C(C(=O)N(CC=C)c2ccc(Cl)cc2)N(CCCCCO)C(=O)[C@H]13. The number of benzene rings is 1. The molecule has 3 heterocycles. The zero-order valence-corrected chi connectivity index (χ0v) is 24.2. The van der Waals surface area contributed by atoms with Crippen molar-refractivity contribution in [1.29, 1.82) is 0 Å². The number of unbranched alkanes of at least 4 members (excludes halogenated alkanes) is 3. The first-order valence-electron chi connectivity index (χ1n) is 13.9. The Balaban J connectivity index is 1.70. The monoisotopic (exact) mass is 574 g/mol. The third kappa shape index (κ3) is 5.52. The molecule has 4 rings (SSSR count). The molecule has 3 unspecified atom stereocenters. The van der Waals surface area contributed by atoms with Crippen LogP contribution in [0, 0.1) is 17.8 Å². The highest BCUT2D eigenvalue weighted by atomic mass is 35.5. The van der Waals surface area contributed by atoms with Crippen LogP contribution in [0.5, 0.6) is 0 Å². The number of rotatable bonds is 14. The number of anilines is 1. The summed E-state index contributed by atoms with van der Waals surface area (Å²) in [6.07, 6.45) is 7.71. The van der Waals surface area contributed by atoms with Gasteiger partial charge < -0.3 is 19.6 Å². The van der Waals surface area contributed by atoms with E-state index in [-0.39, 0.29) is 42.1 Å². The second-order valence-corrected chi connectivity index (χ2v) is 12.7. The number of ether oxygens (including phenoxy) is 1. The fraction of sp³-hybridized carbons (Fsp3) is 0.567. The van der Waals surface area contributed by atoms with E-state index in [2.05, 4.69) is 20.1 Å². The smallest absolute Gasteiger partial charge is 0.310 e. The summed E-state index contributed by atoms with van der Waals surface area (Å²) in [5, 5.41) is 9.77. The van der Waals surface area contributed by atoms with Crippen molar-refractivity contribution in [2.24, 2.45) is 17.8 Å². The van der Waals surface area contributed by atoms with Crippen molar-refractivity contribution in [2.45, 2.75) is 61.5 Å². The standard InChI is InChI=1S/C30H39ClN2O5S/c1-4-6-10-18-38-29(37)24-23-19-20(3)30(39-23)25(24)27(35)33(16-8-7-9-17-34)26(30)28(36)32(15-5-2)22-13-11-21(31)12-14-22/h4-5,11-14,20,23-26,34H,1-2,6-10,15-19H2,3H3/t20?,23-,24+,25-,26?,30?/m0/s1. The first-order valence-corrected chi connectivity index (χ1v) is 15.1. The van der Waals surface area contributed by atoms with Crippen LogP contribution in [0.25, 0.3) is 0 Å². The van der Waals surface area contributed by atoms with E-state index in [4.69, 9.17) is 16.3 Å². The van der Waals surface area contributed by atoms with Gasteiger partial charge in [0.1, 0.15) is 6.04 Å². The maximum atomic E-state index is 14.5. The van der Waals surface area contributed by atoms with Crippen LogP contribution in [-0.2, 0) is 19.1 Å². The zero-order valence-electron chi connectivity index (χ0n) is 22.6. The number of carbonyl (C=O) groups excluding carboxylic acids is 3. The highest BCUT2D eigenvalue weighted by molar-refractivity contribution is 8.02. The molecular formula is C30H39ClN2O5S. The van der Waals surface area contributed by atoms with Crippen LogP contribution in [-0.4, -0.2) is 70.1 Å². The summed E-state index contributed by atoms with van der Waals surface area (Å²) >= 11 is 7.77. The van der Waals surface area contributed by atoms with Gasteiger partial charge in [0.05, 0.1) is 23.2 Å². The number of halogens is 1. The maximum Gasteiger partial charge on any atom is 0.310 e. The molecular weight excluding hydrogens is 536 g/mol. The summed E-state index contributed by atoms with van der Waals surface area (Å²) in [6.45, 7) is 10.7. The minimum Gasteiger partial charge on any atom is -0.465 e. The number of hydrogen-bond donors (Lipinski definition) is 1. The molecule has 0 aliphatic carbocycles. The molecule has 212 valence electrons. The van der Waals surface area contributed by atoms with E-state index in [1.165, 1.54) is 0 Å². The van der Waals surface area contributed by atoms with Gasteiger partial charge in [0.25, 0.3) is 5.91 Å². The Kier molecular flexibility index (Phi) is 9.83.